The molecule has 0 amide bonds. The molecule has 2 aromatic carbocycles. The van der Waals surface area contributed by atoms with Crippen LogP contribution >= 0.6 is 11.6 Å². The van der Waals surface area contributed by atoms with Gasteiger partial charge < -0.3 is 4.74 Å². The molecule has 4 aromatic rings. The van der Waals surface area contributed by atoms with Crippen LogP contribution in [0.5, 0.6) is 11.8 Å². The van der Waals surface area contributed by atoms with Gasteiger partial charge in [0.1, 0.15) is 5.75 Å². The molecule has 196 valence electrons. The summed E-state index contributed by atoms with van der Waals surface area (Å²) in [7, 11) is 1.23. The van der Waals surface area contributed by atoms with E-state index in [0.29, 0.717) is 22.7 Å². The average molecular weight is 547 g/mol. The third-order valence-electron chi connectivity index (χ3n) is 5.54. The number of fused-ring (bicyclic) bond motifs is 1. The summed E-state index contributed by atoms with van der Waals surface area (Å²) in [5, 5.41) is 0.412. The molecule has 2 aromatic heterocycles. The summed E-state index contributed by atoms with van der Waals surface area (Å²) in [6.45, 7) is 1.56. The van der Waals surface area contributed by atoms with E-state index in [1.807, 2.05) is 0 Å². The number of hydrogen-bond donors (Lipinski definition) is 0. The molecule has 0 fully saturated rings. The summed E-state index contributed by atoms with van der Waals surface area (Å²) in [5.41, 5.74) is -4.36. The number of benzene rings is 2. The van der Waals surface area contributed by atoms with E-state index >= 15 is 0 Å². The van der Waals surface area contributed by atoms with E-state index in [-0.39, 0.29) is 30.3 Å². The Kier molecular flexibility index (Phi) is 6.61. The van der Waals surface area contributed by atoms with E-state index in [1.165, 1.54) is 11.6 Å². The van der Waals surface area contributed by atoms with Crippen LogP contribution in [-0.4, -0.2) is 18.7 Å². The first-order valence-corrected chi connectivity index (χ1v) is 11.0. The number of aryl methyl sites for hydroxylation is 1. The van der Waals surface area contributed by atoms with Crippen LogP contribution in [0.4, 0.5) is 26.3 Å². The van der Waals surface area contributed by atoms with Gasteiger partial charge in [-0.05, 0) is 42.8 Å². The first kappa shape index (κ1) is 26.3. The minimum absolute atomic E-state index is 0.0337. The fourth-order valence-corrected chi connectivity index (χ4v) is 3.84. The largest absolute Gasteiger partial charge is 0.425 e. The summed E-state index contributed by atoms with van der Waals surface area (Å²) in [6.07, 6.45) is -10.2. The number of imidazole rings is 1. The number of ether oxygens (including phenoxy) is 1. The maximum atomic E-state index is 13.3. The molecule has 14 heteroatoms. The van der Waals surface area contributed by atoms with Gasteiger partial charge in [0.15, 0.2) is 11.2 Å². The molecule has 0 unspecified atom stereocenters. The highest BCUT2D eigenvalue weighted by atomic mass is 35.5. The first-order valence-electron chi connectivity index (χ1n) is 10.6. The average Bonchev–Trinajstić information content (AvgIpc) is 3.15. The lowest BCUT2D eigenvalue weighted by Gasteiger charge is -2.15. The highest BCUT2D eigenvalue weighted by Crippen LogP contribution is 2.39. The highest BCUT2D eigenvalue weighted by Gasteiger charge is 2.37. The molecule has 0 spiro atoms. The number of rotatable bonds is 5. The van der Waals surface area contributed by atoms with Crippen LogP contribution in [-0.2, 0) is 32.5 Å². The number of aromatic nitrogens is 4. The van der Waals surface area contributed by atoms with E-state index < -0.39 is 46.5 Å². The molecular weight excluding hydrogens is 530 g/mol. The van der Waals surface area contributed by atoms with Crippen LogP contribution in [0.2, 0.25) is 5.02 Å². The van der Waals surface area contributed by atoms with Gasteiger partial charge in [0.25, 0.3) is 5.56 Å². The maximum absolute atomic E-state index is 13.3. The lowest BCUT2D eigenvalue weighted by molar-refractivity contribution is -0.143. The summed E-state index contributed by atoms with van der Waals surface area (Å²) in [5.74, 6) is -0.808. The third-order valence-corrected chi connectivity index (χ3v) is 5.79. The van der Waals surface area contributed by atoms with Crippen molar-refractivity contribution in [3.8, 4) is 11.8 Å². The summed E-state index contributed by atoms with van der Waals surface area (Å²) < 4.78 is 88.7. The quantitative estimate of drug-likeness (QED) is 0.312. The van der Waals surface area contributed by atoms with Gasteiger partial charge in [0, 0.05) is 18.6 Å². The fraction of sp³-hybridized carbons (Fsp3) is 0.261. The van der Waals surface area contributed by atoms with E-state index in [2.05, 4.69) is 4.98 Å². The molecule has 0 aliphatic rings. The zero-order valence-electron chi connectivity index (χ0n) is 19.1. The predicted octanol–water partition coefficient (Wildman–Crippen LogP) is 5.45. The van der Waals surface area contributed by atoms with Crippen molar-refractivity contribution in [2.24, 2.45) is 7.05 Å². The molecule has 37 heavy (non-hydrogen) atoms. The minimum atomic E-state index is -5.10. The Labute approximate surface area is 209 Å². The van der Waals surface area contributed by atoms with Gasteiger partial charge in [-0.2, -0.15) is 31.3 Å². The van der Waals surface area contributed by atoms with Crippen molar-refractivity contribution in [2.45, 2.75) is 32.4 Å². The molecule has 0 aliphatic carbocycles. The molecule has 0 radical (unpaired) electrons. The van der Waals surface area contributed by atoms with Crippen molar-refractivity contribution in [1.29, 1.82) is 0 Å². The Hall–Kier alpha value is -3.74. The maximum Gasteiger partial charge on any atom is 0.416 e. The first-order chi connectivity index (χ1) is 17.2. The van der Waals surface area contributed by atoms with E-state index in [1.54, 1.807) is 31.2 Å². The van der Waals surface area contributed by atoms with Gasteiger partial charge in [-0.15, -0.1) is 0 Å². The monoisotopic (exact) mass is 546 g/mol. The molecule has 0 atom stereocenters. The Morgan fingerprint density at radius 1 is 0.919 bits per heavy atom. The molecule has 4 rings (SSSR count). The van der Waals surface area contributed by atoms with Crippen LogP contribution in [0.15, 0.2) is 52.1 Å². The third kappa shape index (κ3) is 5.08. The molecule has 0 aliphatic heterocycles. The highest BCUT2D eigenvalue weighted by molar-refractivity contribution is 6.30. The molecule has 2 heterocycles. The number of nitrogens with zero attached hydrogens (tertiary/aromatic N) is 4. The van der Waals surface area contributed by atoms with Crippen molar-refractivity contribution in [1.82, 2.24) is 18.7 Å². The van der Waals surface area contributed by atoms with Crippen molar-refractivity contribution < 1.29 is 31.1 Å². The molecule has 0 N–H and O–H groups in total. The van der Waals surface area contributed by atoms with Gasteiger partial charge in [-0.25, -0.2) is 4.79 Å². The second kappa shape index (κ2) is 9.29. The van der Waals surface area contributed by atoms with E-state index in [4.69, 9.17) is 16.3 Å². The van der Waals surface area contributed by atoms with E-state index in [0.717, 1.165) is 9.13 Å². The van der Waals surface area contributed by atoms with Crippen molar-refractivity contribution >= 4 is 22.8 Å². The normalized spacial score (nSPS) is 12.4. The van der Waals surface area contributed by atoms with Crippen molar-refractivity contribution in [3.05, 3.63) is 85.0 Å². The van der Waals surface area contributed by atoms with E-state index in [9.17, 15) is 35.9 Å². The fourth-order valence-electron chi connectivity index (χ4n) is 3.71. The van der Waals surface area contributed by atoms with Crippen LogP contribution in [0.3, 0.4) is 0 Å². The predicted molar refractivity (Wildman–Crippen MR) is 122 cm³/mol. The molecular formula is C23H17ClF6N4O3. The van der Waals surface area contributed by atoms with Gasteiger partial charge in [0.2, 0.25) is 0 Å². The Morgan fingerprint density at radius 3 is 2.00 bits per heavy atom. The smallest absolute Gasteiger partial charge is 0.416 e. The second-order valence-corrected chi connectivity index (χ2v) is 8.45. The van der Waals surface area contributed by atoms with Crippen LogP contribution in [0.1, 0.15) is 23.6 Å². The molecule has 0 saturated heterocycles. The number of alkyl halides is 6. The van der Waals surface area contributed by atoms with Gasteiger partial charge in [-0.1, -0.05) is 23.7 Å². The molecule has 0 bridgehead atoms. The lowest BCUT2D eigenvalue weighted by atomic mass is 10.1. The van der Waals surface area contributed by atoms with Crippen molar-refractivity contribution in [3.63, 3.8) is 0 Å². The van der Waals surface area contributed by atoms with Crippen LogP contribution < -0.4 is 16.0 Å². The van der Waals surface area contributed by atoms with Gasteiger partial charge in [-0.3, -0.25) is 18.5 Å². The lowest BCUT2D eigenvalue weighted by Crippen LogP contribution is -2.38. The van der Waals surface area contributed by atoms with Crippen molar-refractivity contribution in [2.75, 3.05) is 0 Å². The SMILES string of the molecule is CCn1c(=O)n(C)c(=O)c2c1nc(Oc1cc(C(F)(F)F)cc(C(F)(F)F)c1)n2Cc1ccc(Cl)cc1. The number of halogens is 7. The Bertz CT molecular complexity index is 1570. The van der Waals surface area contributed by atoms with Crippen LogP contribution in [0.25, 0.3) is 11.2 Å². The van der Waals surface area contributed by atoms with Gasteiger partial charge >= 0.3 is 24.1 Å². The standard InChI is InChI=1S/C23H17ClF6N4O3/c1-3-33-18-17(19(35)32(2)21(33)36)34(11-12-4-6-15(24)7-5-12)20(31-18)37-16-9-13(22(25,26)27)8-14(10-16)23(28,29)30/h4-10H,3,11H2,1-2H3. The molecule has 0 saturated carbocycles. The van der Waals surface area contributed by atoms with Gasteiger partial charge in [0.05, 0.1) is 17.7 Å². The second-order valence-electron chi connectivity index (χ2n) is 8.01. The Balaban J connectivity index is 1.97. The summed E-state index contributed by atoms with van der Waals surface area (Å²) in [6, 6.07) is 6.58. The zero-order valence-corrected chi connectivity index (χ0v) is 19.9. The summed E-state index contributed by atoms with van der Waals surface area (Å²) in [4.78, 5) is 29.8. The molecule has 7 nitrogen and oxygen atoms in total. The van der Waals surface area contributed by atoms with Crippen LogP contribution in [0, 0.1) is 0 Å². The summed E-state index contributed by atoms with van der Waals surface area (Å²) >= 11 is 5.91. The topological polar surface area (TPSA) is 71.1 Å². The minimum Gasteiger partial charge on any atom is -0.425 e. The zero-order chi connectivity index (χ0) is 27.3. The Morgan fingerprint density at radius 2 is 1.49 bits per heavy atom. The number of hydrogen-bond acceptors (Lipinski definition) is 4.